The molecule has 4 aromatic carbocycles. The second kappa shape index (κ2) is 11.2. The predicted molar refractivity (Wildman–Crippen MR) is 144 cm³/mol. The maximum absolute atomic E-state index is 12.8. The smallest absolute Gasteiger partial charge is 0.185 e. The molecule has 0 radical (unpaired) electrons. The van der Waals surface area contributed by atoms with Crippen molar-refractivity contribution in [1.29, 1.82) is 0 Å². The summed E-state index contributed by atoms with van der Waals surface area (Å²) in [5.41, 5.74) is 6.03. The lowest BCUT2D eigenvalue weighted by molar-refractivity contribution is 0.104. The molecule has 34 heavy (non-hydrogen) atoms. The third-order valence-corrected chi connectivity index (χ3v) is 5.89. The highest BCUT2D eigenvalue weighted by Gasteiger charge is 2.12. The van der Waals surface area contributed by atoms with Crippen molar-refractivity contribution in [3.8, 4) is 0 Å². The molecule has 0 saturated heterocycles. The van der Waals surface area contributed by atoms with E-state index in [1.54, 1.807) is 6.08 Å². The SMILES string of the molecule is CCN(CC)c1ccc(C=CC(=O)c2ccc(N(c3ccccc3)c3ccccc3)cc2)cc1. The molecular weight excluding hydrogens is 416 g/mol. The van der Waals surface area contributed by atoms with Crippen LogP contribution in [0.1, 0.15) is 29.8 Å². The molecule has 0 bridgehead atoms. The summed E-state index contributed by atoms with van der Waals surface area (Å²) in [6.45, 7) is 6.26. The molecule has 4 rings (SSSR count). The lowest BCUT2D eigenvalue weighted by Crippen LogP contribution is -2.21. The Hall–Kier alpha value is -4.11. The highest BCUT2D eigenvalue weighted by Crippen LogP contribution is 2.34. The van der Waals surface area contributed by atoms with E-state index in [0.717, 1.165) is 35.7 Å². The van der Waals surface area contributed by atoms with Gasteiger partial charge in [-0.25, -0.2) is 0 Å². The third-order valence-electron chi connectivity index (χ3n) is 5.89. The molecule has 0 unspecified atom stereocenters. The first-order chi connectivity index (χ1) is 16.7. The van der Waals surface area contributed by atoms with Crippen LogP contribution in [-0.2, 0) is 0 Å². The molecule has 3 nitrogen and oxygen atoms in total. The number of carbonyl (C=O) groups excluding carboxylic acids is 1. The monoisotopic (exact) mass is 446 g/mol. The Labute approximate surface area is 202 Å². The van der Waals surface area contributed by atoms with Crippen LogP contribution < -0.4 is 9.80 Å². The second-order valence-corrected chi connectivity index (χ2v) is 8.01. The van der Waals surface area contributed by atoms with Crippen molar-refractivity contribution >= 4 is 34.6 Å². The molecule has 0 saturated carbocycles. The summed E-state index contributed by atoms with van der Waals surface area (Å²) in [4.78, 5) is 17.3. The van der Waals surface area contributed by atoms with Crippen LogP contribution in [0.5, 0.6) is 0 Å². The van der Waals surface area contributed by atoms with Crippen molar-refractivity contribution < 1.29 is 4.79 Å². The van der Waals surface area contributed by atoms with Crippen LogP contribution in [0.25, 0.3) is 6.08 Å². The predicted octanol–water partition coefficient (Wildman–Crippen LogP) is 7.90. The number of hydrogen-bond acceptors (Lipinski definition) is 3. The fourth-order valence-electron chi connectivity index (χ4n) is 4.03. The minimum absolute atomic E-state index is 0.00894. The zero-order chi connectivity index (χ0) is 23.8. The minimum Gasteiger partial charge on any atom is -0.372 e. The van der Waals surface area contributed by atoms with Crippen LogP contribution in [0.4, 0.5) is 22.7 Å². The van der Waals surface area contributed by atoms with Gasteiger partial charge in [-0.3, -0.25) is 4.79 Å². The fourth-order valence-corrected chi connectivity index (χ4v) is 4.03. The maximum atomic E-state index is 12.8. The van der Waals surface area contributed by atoms with Gasteiger partial charge in [0.15, 0.2) is 5.78 Å². The summed E-state index contributed by atoms with van der Waals surface area (Å²) in [7, 11) is 0. The van der Waals surface area contributed by atoms with E-state index in [4.69, 9.17) is 0 Å². The number of para-hydroxylation sites is 2. The highest BCUT2D eigenvalue weighted by molar-refractivity contribution is 6.07. The zero-order valence-corrected chi connectivity index (χ0v) is 19.8. The summed E-state index contributed by atoms with van der Waals surface area (Å²) < 4.78 is 0. The number of anilines is 4. The number of benzene rings is 4. The second-order valence-electron chi connectivity index (χ2n) is 8.01. The van der Waals surface area contributed by atoms with Gasteiger partial charge in [0, 0.05) is 41.4 Å². The Balaban J connectivity index is 1.51. The first-order valence-electron chi connectivity index (χ1n) is 11.8. The van der Waals surface area contributed by atoms with Gasteiger partial charge >= 0.3 is 0 Å². The van der Waals surface area contributed by atoms with Crippen LogP contribution in [0.2, 0.25) is 0 Å². The first-order valence-corrected chi connectivity index (χ1v) is 11.8. The summed E-state index contributed by atoms with van der Waals surface area (Å²) in [6.07, 6.45) is 3.52. The Morgan fingerprint density at radius 2 is 1.09 bits per heavy atom. The number of carbonyl (C=O) groups is 1. The summed E-state index contributed by atoms with van der Waals surface area (Å²) in [6, 6.07) is 36.6. The van der Waals surface area contributed by atoms with Crippen LogP contribution in [0.15, 0.2) is 115 Å². The number of hydrogen-bond donors (Lipinski definition) is 0. The molecule has 0 atom stereocenters. The average molecular weight is 447 g/mol. The van der Waals surface area contributed by atoms with E-state index in [9.17, 15) is 4.79 Å². The normalized spacial score (nSPS) is 10.9. The van der Waals surface area contributed by atoms with E-state index in [1.165, 1.54) is 5.69 Å². The molecule has 0 heterocycles. The van der Waals surface area contributed by atoms with Crippen LogP contribution in [0.3, 0.4) is 0 Å². The first kappa shape index (κ1) is 23.1. The van der Waals surface area contributed by atoms with Crippen molar-refractivity contribution in [2.75, 3.05) is 22.9 Å². The molecule has 0 spiro atoms. The molecule has 0 aliphatic rings. The number of nitrogens with zero attached hydrogens (tertiary/aromatic N) is 2. The number of ketones is 1. The van der Waals surface area contributed by atoms with Gasteiger partial charge in [-0.05, 0) is 86.2 Å². The number of rotatable bonds is 9. The van der Waals surface area contributed by atoms with Gasteiger partial charge in [0.05, 0.1) is 0 Å². The van der Waals surface area contributed by atoms with E-state index in [2.05, 4.69) is 72.2 Å². The van der Waals surface area contributed by atoms with Gasteiger partial charge < -0.3 is 9.80 Å². The molecule has 0 aromatic heterocycles. The van der Waals surface area contributed by atoms with Crippen LogP contribution in [0, 0.1) is 0 Å². The molecule has 0 amide bonds. The lowest BCUT2D eigenvalue weighted by Gasteiger charge is -2.25. The molecule has 0 aliphatic carbocycles. The molecule has 0 N–H and O–H groups in total. The van der Waals surface area contributed by atoms with Crippen molar-refractivity contribution in [2.45, 2.75) is 13.8 Å². The Kier molecular flexibility index (Phi) is 7.56. The average Bonchev–Trinajstić information content (AvgIpc) is 2.90. The van der Waals surface area contributed by atoms with E-state index < -0.39 is 0 Å². The topological polar surface area (TPSA) is 23.6 Å². The summed E-state index contributed by atoms with van der Waals surface area (Å²) in [5, 5.41) is 0. The van der Waals surface area contributed by atoms with Crippen LogP contribution in [-0.4, -0.2) is 18.9 Å². The fraction of sp³-hybridized carbons (Fsp3) is 0.129. The van der Waals surface area contributed by atoms with Gasteiger partial charge in [-0.15, -0.1) is 0 Å². The largest absolute Gasteiger partial charge is 0.372 e. The van der Waals surface area contributed by atoms with Gasteiger partial charge in [-0.2, -0.15) is 0 Å². The van der Waals surface area contributed by atoms with Gasteiger partial charge in [0.1, 0.15) is 0 Å². The zero-order valence-electron chi connectivity index (χ0n) is 19.8. The van der Waals surface area contributed by atoms with Crippen molar-refractivity contribution in [3.63, 3.8) is 0 Å². The molecule has 0 aliphatic heterocycles. The van der Waals surface area contributed by atoms with Gasteiger partial charge in [-0.1, -0.05) is 54.6 Å². The molecule has 170 valence electrons. The standard InChI is InChI=1S/C31H30N2O/c1-3-32(4-2)27-20-15-25(16-21-27)17-24-31(34)26-18-22-30(23-19-26)33(28-11-7-5-8-12-28)29-13-9-6-10-14-29/h5-24H,3-4H2,1-2H3. The Morgan fingerprint density at radius 3 is 1.59 bits per heavy atom. The van der Waals surface area contributed by atoms with Crippen LogP contribution >= 0.6 is 0 Å². The maximum Gasteiger partial charge on any atom is 0.185 e. The third kappa shape index (κ3) is 5.44. The van der Waals surface area contributed by atoms with E-state index >= 15 is 0 Å². The van der Waals surface area contributed by atoms with E-state index in [0.29, 0.717) is 5.56 Å². The molecule has 0 fully saturated rings. The van der Waals surface area contributed by atoms with Crippen molar-refractivity contribution in [1.82, 2.24) is 0 Å². The summed E-state index contributed by atoms with van der Waals surface area (Å²) >= 11 is 0. The molecule has 3 heteroatoms. The van der Waals surface area contributed by atoms with E-state index in [-0.39, 0.29) is 5.78 Å². The minimum atomic E-state index is -0.00894. The molecular formula is C31H30N2O. The van der Waals surface area contributed by atoms with Crippen molar-refractivity contribution in [2.24, 2.45) is 0 Å². The quantitative estimate of drug-likeness (QED) is 0.193. The van der Waals surface area contributed by atoms with Gasteiger partial charge in [0.2, 0.25) is 0 Å². The lowest BCUT2D eigenvalue weighted by atomic mass is 10.1. The summed E-state index contributed by atoms with van der Waals surface area (Å²) in [5.74, 6) is -0.00894. The van der Waals surface area contributed by atoms with Crippen molar-refractivity contribution in [3.05, 3.63) is 126 Å². The Bertz CT molecular complexity index is 1170. The Morgan fingerprint density at radius 1 is 0.618 bits per heavy atom. The van der Waals surface area contributed by atoms with Gasteiger partial charge in [0.25, 0.3) is 0 Å². The highest BCUT2D eigenvalue weighted by atomic mass is 16.1. The number of allylic oxidation sites excluding steroid dienone is 1. The molecule has 4 aromatic rings. The van der Waals surface area contributed by atoms with E-state index in [1.807, 2.05) is 66.7 Å².